The summed E-state index contributed by atoms with van der Waals surface area (Å²) < 4.78 is 0. The van der Waals surface area contributed by atoms with E-state index in [1.54, 1.807) is 48.5 Å². The highest BCUT2D eigenvalue weighted by Crippen LogP contribution is 2.62. The summed E-state index contributed by atoms with van der Waals surface area (Å²) in [5.41, 5.74) is 12.4. The van der Waals surface area contributed by atoms with Gasteiger partial charge in [-0.05, 0) is 115 Å². The molecule has 0 radical (unpaired) electrons. The lowest BCUT2D eigenvalue weighted by molar-refractivity contribution is 0.0863. The third-order valence-electron chi connectivity index (χ3n) is 12.8. The Labute approximate surface area is 301 Å². The van der Waals surface area contributed by atoms with Gasteiger partial charge in [0.05, 0.1) is 44.5 Å². The molecule has 4 heterocycles. The molecule has 0 unspecified atom stereocenters. The largest absolute Gasteiger partial charge is 0.288 e. The highest BCUT2D eigenvalue weighted by atomic mass is 16.2. The number of nitrogens with one attached hydrogen (secondary N) is 4. The third kappa shape index (κ3) is 2.99. The van der Waals surface area contributed by atoms with Gasteiger partial charge in [-0.15, -0.1) is 0 Å². The minimum absolute atomic E-state index is 0.270. The zero-order chi connectivity index (χ0) is 36.4. The molecule has 15 rings (SSSR count). The van der Waals surface area contributed by atoms with E-state index in [0.29, 0.717) is 0 Å². The van der Waals surface area contributed by atoms with Crippen LogP contribution in [0.4, 0.5) is 0 Å². The van der Waals surface area contributed by atoms with Crippen LogP contribution in [0.3, 0.4) is 0 Å². The second-order valence-corrected chi connectivity index (χ2v) is 15.1. The molecule has 10 aliphatic rings. The molecule has 5 aromatic rings. The number of imide groups is 4. The predicted molar refractivity (Wildman–Crippen MR) is 183 cm³/mol. The molecule has 0 fully saturated rings. The number of benzene rings is 5. The summed E-state index contributed by atoms with van der Waals surface area (Å²) in [6.45, 7) is 0. The van der Waals surface area contributed by atoms with Gasteiger partial charge in [-0.2, -0.15) is 0 Å². The molecule has 5 aromatic carbocycles. The van der Waals surface area contributed by atoms with E-state index in [2.05, 4.69) is 33.4 Å². The summed E-state index contributed by atoms with van der Waals surface area (Å²) in [4.78, 5) is 103. The van der Waals surface area contributed by atoms with Crippen LogP contribution in [-0.4, -0.2) is 47.3 Å². The number of carbonyl (C=O) groups excluding carboxylic acids is 8. The molecule has 0 saturated carbocycles. The van der Waals surface area contributed by atoms with Crippen molar-refractivity contribution in [2.75, 3.05) is 0 Å². The molecule has 12 nitrogen and oxygen atoms in total. The Morgan fingerprint density at radius 1 is 0.222 bits per heavy atom. The SMILES string of the molecule is O=C1NC(=O)c2cc3c(cc21)C1c2cc4c(cc2C3c2cc3c(cc21)C1c2cc5c(cc2C3c2cc3c(cc21)C(=O)NC3=O)C(=O)NC5=O)C(=O)NC4=O. The first-order chi connectivity index (χ1) is 26.0. The van der Waals surface area contributed by atoms with Crippen molar-refractivity contribution >= 4 is 47.3 Å². The van der Waals surface area contributed by atoms with Crippen molar-refractivity contribution in [2.45, 2.75) is 23.7 Å². The lowest BCUT2D eigenvalue weighted by Crippen LogP contribution is -2.33. The van der Waals surface area contributed by atoms with E-state index in [0.717, 1.165) is 66.8 Å². The molecule has 8 amide bonds. The fourth-order valence-corrected chi connectivity index (χ4v) is 10.7. The van der Waals surface area contributed by atoms with Crippen molar-refractivity contribution in [3.05, 3.63) is 172 Å². The van der Waals surface area contributed by atoms with Crippen LogP contribution < -0.4 is 21.3 Å². The summed E-state index contributed by atoms with van der Waals surface area (Å²) in [6.07, 6.45) is 0. The molecule has 0 aromatic heterocycles. The fourth-order valence-electron chi connectivity index (χ4n) is 10.7. The molecule has 0 saturated heterocycles. The molecule has 12 heteroatoms. The van der Waals surface area contributed by atoms with Gasteiger partial charge in [-0.1, -0.05) is 12.1 Å². The van der Waals surface area contributed by atoms with Crippen molar-refractivity contribution in [2.24, 2.45) is 0 Å². The van der Waals surface area contributed by atoms with Crippen molar-refractivity contribution < 1.29 is 38.4 Å². The van der Waals surface area contributed by atoms with Crippen LogP contribution in [0.1, 0.15) is 173 Å². The van der Waals surface area contributed by atoms with Gasteiger partial charge in [0.15, 0.2) is 0 Å². The Kier molecular flexibility index (Phi) is 4.52. The molecule has 54 heavy (non-hydrogen) atoms. The summed E-state index contributed by atoms with van der Waals surface area (Å²) >= 11 is 0. The topological polar surface area (TPSA) is 185 Å². The van der Waals surface area contributed by atoms with Crippen LogP contribution in [0.2, 0.25) is 0 Å². The lowest BCUT2D eigenvalue weighted by atomic mass is 9.56. The van der Waals surface area contributed by atoms with Crippen LogP contribution >= 0.6 is 0 Å². The van der Waals surface area contributed by atoms with Gasteiger partial charge >= 0.3 is 0 Å². The normalized spacial score (nSPS) is 23.0. The van der Waals surface area contributed by atoms with E-state index in [4.69, 9.17) is 0 Å². The van der Waals surface area contributed by atoms with E-state index >= 15 is 0 Å². The van der Waals surface area contributed by atoms with Crippen LogP contribution in [0.5, 0.6) is 0 Å². The lowest BCUT2D eigenvalue weighted by Gasteiger charge is -2.47. The molecular formula is C42H18N4O8. The summed E-state index contributed by atoms with van der Waals surface area (Å²) in [5, 5.41) is 9.60. The molecule has 254 valence electrons. The first-order valence-electron chi connectivity index (χ1n) is 17.4. The fraction of sp³-hybridized carbons (Fsp3) is 0.0952. The van der Waals surface area contributed by atoms with Crippen LogP contribution in [0, 0.1) is 0 Å². The molecule has 4 bridgehead atoms. The summed E-state index contributed by atoms with van der Waals surface area (Å²) in [5.74, 6) is -5.80. The second kappa shape index (κ2) is 8.64. The van der Waals surface area contributed by atoms with Gasteiger partial charge in [-0.3, -0.25) is 59.6 Å². The Hall–Kier alpha value is -7.34. The molecule has 6 aliphatic carbocycles. The number of hydrogen-bond acceptors (Lipinski definition) is 8. The molecule has 0 spiro atoms. The van der Waals surface area contributed by atoms with Gasteiger partial charge in [0, 0.05) is 23.7 Å². The smallest absolute Gasteiger partial charge is 0.258 e. The van der Waals surface area contributed by atoms with Crippen molar-refractivity contribution in [1.29, 1.82) is 0 Å². The van der Waals surface area contributed by atoms with Crippen molar-refractivity contribution in [1.82, 2.24) is 21.3 Å². The molecule has 0 atom stereocenters. The minimum Gasteiger partial charge on any atom is -0.288 e. The van der Waals surface area contributed by atoms with Gasteiger partial charge in [-0.25, -0.2) is 0 Å². The van der Waals surface area contributed by atoms with Crippen molar-refractivity contribution in [3.63, 3.8) is 0 Å². The standard InChI is InChI=1S/C42H18N4O8/c47-35-23-3-15-19(7-27(23)39(51)43-35)33-13-2-14-12(1-11(13)31(15)16-4-24-28(8-20(16)33)40(52)44-36(24)48)32-17-5-25-29(41(53)45-37(25)49)9-21(17)34(14)22-10-30-26(6-18(22)32)38(50)46-42(30)54/h1-10,31-34H,(H,43,47,51)(H,44,48,52)(H,45,49,53)(H,46,50,54). The van der Waals surface area contributed by atoms with Gasteiger partial charge in [0.1, 0.15) is 0 Å². The van der Waals surface area contributed by atoms with Crippen molar-refractivity contribution in [3.8, 4) is 0 Å². The first-order valence-corrected chi connectivity index (χ1v) is 17.4. The number of fused-ring (bicyclic) bond motifs is 4. The van der Waals surface area contributed by atoms with Crippen LogP contribution in [0.25, 0.3) is 0 Å². The Morgan fingerprint density at radius 2 is 0.352 bits per heavy atom. The molecule has 4 N–H and O–H groups in total. The Balaban J connectivity index is 1.11. The average Bonchev–Trinajstić information content (AvgIpc) is 3.81. The predicted octanol–water partition coefficient (Wildman–Crippen LogP) is 3.20. The van der Waals surface area contributed by atoms with Gasteiger partial charge in [0.2, 0.25) is 0 Å². The number of rotatable bonds is 0. The average molecular weight is 707 g/mol. The van der Waals surface area contributed by atoms with Crippen LogP contribution in [-0.2, 0) is 0 Å². The van der Waals surface area contributed by atoms with E-state index in [1.165, 1.54) is 0 Å². The van der Waals surface area contributed by atoms with Crippen LogP contribution in [0.15, 0.2) is 60.7 Å². The van der Waals surface area contributed by atoms with Gasteiger partial charge < -0.3 is 0 Å². The zero-order valence-corrected chi connectivity index (χ0v) is 27.3. The highest BCUT2D eigenvalue weighted by molar-refractivity contribution is 6.24. The number of amides is 8. The first kappa shape index (κ1) is 28.3. The molecule has 4 aliphatic heterocycles. The Morgan fingerprint density at radius 3 is 0.500 bits per heavy atom. The van der Waals surface area contributed by atoms with E-state index in [9.17, 15) is 38.4 Å². The minimum atomic E-state index is -0.486. The zero-order valence-electron chi connectivity index (χ0n) is 27.3. The monoisotopic (exact) mass is 706 g/mol. The second-order valence-electron chi connectivity index (χ2n) is 15.1. The third-order valence-corrected chi connectivity index (χ3v) is 12.8. The van der Waals surface area contributed by atoms with Gasteiger partial charge in [0.25, 0.3) is 47.3 Å². The van der Waals surface area contributed by atoms with E-state index < -0.39 is 70.9 Å². The highest BCUT2D eigenvalue weighted by Gasteiger charge is 2.50. The number of hydrogen-bond donors (Lipinski definition) is 4. The quantitative estimate of drug-likeness (QED) is 0.173. The van der Waals surface area contributed by atoms with E-state index in [1.807, 2.05) is 0 Å². The molecular weight excluding hydrogens is 688 g/mol. The maximum absolute atomic E-state index is 12.9. The van der Waals surface area contributed by atoms with E-state index in [-0.39, 0.29) is 44.5 Å². The summed E-state index contributed by atoms with van der Waals surface area (Å²) in [6, 6.07) is 18.4. The summed E-state index contributed by atoms with van der Waals surface area (Å²) in [7, 11) is 0. The Bertz CT molecular complexity index is 2470. The number of carbonyl (C=O) groups is 8. The maximum atomic E-state index is 12.9. The maximum Gasteiger partial charge on any atom is 0.258 e.